The average molecular weight is 366 g/mol. The molecule has 0 aliphatic carbocycles. The maximum atomic E-state index is 12.1. The van der Waals surface area contributed by atoms with E-state index < -0.39 is 0 Å². The second-order valence-electron chi connectivity index (χ2n) is 5.03. The van der Waals surface area contributed by atoms with E-state index in [2.05, 4.69) is 5.32 Å². The van der Waals surface area contributed by atoms with E-state index in [4.69, 9.17) is 21.1 Å². The molecule has 0 fully saturated rings. The number of carbonyl (C=O) groups excluding carboxylic acids is 1. The third-order valence-electron chi connectivity index (χ3n) is 3.21. The number of thioether (sulfide) groups is 1. The number of ether oxygens (including phenoxy) is 2. The Labute approximate surface area is 151 Å². The maximum absolute atomic E-state index is 12.1. The fraction of sp³-hybridized carbons (Fsp3) is 0.278. The molecule has 0 bridgehead atoms. The van der Waals surface area contributed by atoms with Crippen molar-refractivity contribution in [1.29, 1.82) is 0 Å². The molecule has 0 unspecified atom stereocenters. The summed E-state index contributed by atoms with van der Waals surface area (Å²) in [6.45, 7) is 2.72. The number of benzene rings is 2. The Balaban J connectivity index is 1.71. The molecule has 0 heterocycles. The molecule has 0 aliphatic heterocycles. The summed E-state index contributed by atoms with van der Waals surface area (Å²) in [6, 6.07) is 14.8. The quantitative estimate of drug-likeness (QED) is 0.567. The van der Waals surface area contributed by atoms with E-state index in [0.717, 1.165) is 10.6 Å². The number of carbonyl (C=O) groups is 1. The first kappa shape index (κ1) is 18.5. The summed E-state index contributed by atoms with van der Waals surface area (Å²) in [5, 5.41) is 3.37. The molecule has 1 N–H and O–H groups in total. The van der Waals surface area contributed by atoms with Crippen LogP contribution in [0.25, 0.3) is 0 Å². The topological polar surface area (TPSA) is 47.6 Å². The van der Waals surface area contributed by atoms with Gasteiger partial charge in [-0.3, -0.25) is 4.79 Å². The number of hydrogen-bond acceptors (Lipinski definition) is 4. The van der Waals surface area contributed by atoms with Crippen LogP contribution in [0.4, 0.5) is 0 Å². The molecule has 2 rings (SSSR count). The molecule has 2 aromatic carbocycles. The summed E-state index contributed by atoms with van der Waals surface area (Å²) in [5.41, 5.74) is 0. The van der Waals surface area contributed by atoms with E-state index in [1.54, 1.807) is 13.2 Å². The second kappa shape index (κ2) is 9.45. The minimum absolute atomic E-state index is 0.0239. The molecular formula is C18H20ClNO3S. The van der Waals surface area contributed by atoms with Crippen LogP contribution >= 0.6 is 23.4 Å². The molecule has 0 radical (unpaired) electrons. The predicted octanol–water partition coefficient (Wildman–Crippen LogP) is 4.02. The fourth-order valence-electron chi connectivity index (χ4n) is 1.95. The highest BCUT2D eigenvalue weighted by Crippen LogP contribution is 2.24. The maximum Gasteiger partial charge on any atom is 0.233 e. The van der Waals surface area contributed by atoms with Crippen LogP contribution in [0.3, 0.4) is 0 Å². The molecule has 0 aromatic heterocycles. The zero-order valence-electron chi connectivity index (χ0n) is 13.6. The third-order valence-corrected chi connectivity index (χ3v) is 4.57. The molecule has 0 saturated heterocycles. The van der Waals surface area contributed by atoms with Gasteiger partial charge in [0.25, 0.3) is 0 Å². The largest absolute Gasteiger partial charge is 0.497 e. The zero-order valence-corrected chi connectivity index (χ0v) is 15.2. The summed E-state index contributed by atoms with van der Waals surface area (Å²) in [4.78, 5) is 13.1. The van der Waals surface area contributed by atoms with Crippen molar-refractivity contribution < 1.29 is 14.3 Å². The van der Waals surface area contributed by atoms with Gasteiger partial charge >= 0.3 is 0 Å². The van der Waals surface area contributed by atoms with Crippen LogP contribution < -0.4 is 14.8 Å². The van der Waals surface area contributed by atoms with Crippen LogP contribution in [-0.2, 0) is 4.79 Å². The Bertz CT molecular complexity index is 664. The molecule has 1 amide bonds. The normalized spacial score (nSPS) is 11.6. The molecule has 0 saturated carbocycles. The van der Waals surface area contributed by atoms with Crippen LogP contribution in [0.2, 0.25) is 5.02 Å². The van der Waals surface area contributed by atoms with Crippen molar-refractivity contribution in [3.05, 3.63) is 53.6 Å². The monoisotopic (exact) mass is 365 g/mol. The summed E-state index contributed by atoms with van der Waals surface area (Å²) < 4.78 is 10.7. The van der Waals surface area contributed by atoms with Crippen molar-refractivity contribution in [3.8, 4) is 11.5 Å². The molecular weight excluding hydrogens is 346 g/mol. The number of halogens is 1. The van der Waals surface area contributed by atoms with Crippen molar-refractivity contribution >= 4 is 29.3 Å². The van der Waals surface area contributed by atoms with Crippen LogP contribution in [0.1, 0.15) is 6.92 Å². The minimum atomic E-state index is -0.192. The van der Waals surface area contributed by atoms with Crippen molar-refractivity contribution in [2.75, 3.05) is 20.3 Å². The standard InChI is InChI=1S/C18H20ClNO3S/c1-13(24-17-8-6-14(19)7-9-17)18(21)20-10-11-23-16-5-3-4-15(12-16)22-2/h3-9,12-13H,10-11H2,1-2H3,(H,20,21)/t13-/m0/s1. The lowest BCUT2D eigenvalue weighted by Crippen LogP contribution is -2.33. The predicted molar refractivity (Wildman–Crippen MR) is 98.3 cm³/mol. The van der Waals surface area contributed by atoms with Gasteiger partial charge in [-0.1, -0.05) is 17.7 Å². The SMILES string of the molecule is COc1cccc(OCCNC(=O)[C@H](C)Sc2ccc(Cl)cc2)c1. The molecule has 1 atom stereocenters. The van der Waals surface area contributed by atoms with E-state index in [-0.39, 0.29) is 11.2 Å². The van der Waals surface area contributed by atoms with Gasteiger partial charge in [0.05, 0.1) is 18.9 Å². The number of methoxy groups -OCH3 is 1. The Hall–Kier alpha value is -1.85. The highest BCUT2D eigenvalue weighted by molar-refractivity contribution is 8.00. The van der Waals surface area contributed by atoms with Gasteiger partial charge in [0.2, 0.25) is 5.91 Å². The van der Waals surface area contributed by atoms with Crippen molar-refractivity contribution in [1.82, 2.24) is 5.32 Å². The summed E-state index contributed by atoms with van der Waals surface area (Å²) in [5.74, 6) is 1.43. The molecule has 0 aliphatic rings. The number of hydrogen-bond donors (Lipinski definition) is 1. The van der Waals surface area contributed by atoms with E-state index >= 15 is 0 Å². The Morgan fingerprint density at radius 1 is 1.21 bits per heavy atom. The highest BCUT2D eigenvalue weighted by atomic mass is 35.5. The molecule has 4 nitrogen and oxygen atoms in total. The Morgan fingerprint density at radius 3 is 2.62 bits per heavy atom. The van der Waals surface area contributed by atoms with E-state index in [9.17, 15) is 4.79 Å². The number of amides is 1. The number of rotatable bonds is 8. The molecule has 2 aromatic rings. The minimum Gasteiger partial charge on any atom is -0.497 e. The van der Waals surface area contributed by atoms with Gasteiger partial charge in [0.1, 0.15) is 18.1 Å². The van der Waals surface area contributed by atoms with E-state index in [1.807, 2.05) is 49.4 Å². The van der Waals surface area contributed by atoms with E-state index in [1.165, 1.54) is 11.8 Å². The van der Waals surface area contributed by atoms with Gasteiger partial charge in [-0.15, -0.1) is 11.8 Å². The van der Waals surface area contributed by atoms with Gasteiger partial charge in [0, 0.05) is 16.0 Å². The van der Waals surface area contributed by atoms with Gasteiger partial charge in [0.15, 0.2) is 0 Å². The van der Waals surface area contributed by atoms with Gasteiger partial charge in [-0.2, -0.15) is 0 Å². The highest BCUT2D eigenvalue weighted by Gasteiger charge is 2.13. The molecule has 24 heavy (non-hydrogen) atoms. The summed E-state index contributed by atoms with van der Waals surface area (Å²) in [6.07, 6.45) is 0. The fourth-order valence-corrected chi connectivity index (χ4v) is 2.97. The first-order valence-corrected chi connectivity index (χ1v) is 8.81. The molecule has 6 heteroatoms. The van der Waals surface area contributed by atoms with Gasteiger partial charge in [-0.25, -0.2) is 0 Å². The summed E-state index contributed by atoms with van der Waals surface area (Å²) in [7, 11) is 1.61. The molecule has 0 spiro atoms. The van der Waals surface area contributed by atoms with Crippen LogP contribution in [0, 0.1) is 0 Å². The molecule has 128 valence electrons. The lowest BCUT2D eigenvalue weighted by Gasteiger charge is -2.13. The van der Waals surface area contributed by atoms with Gasteiger partial charge < -0.3 is 14.8 Å². The van der Waals surface area contributed by atoms with Crippen molar-refractivity contribution in [2.45, 2.75) is 17.1 Å². The van der Waals surface area contributed by atoms with Crippen molar-refractivity contribution in [2.24, 2.45) is 0 Å². The first-order valence-electron chi connectivity index (χ1n) is 7.55. The van der Waals surface area contributed by atoms with Crippen LogP contribution in [-0.4, -0.2) is 31.4 Å². The average Bonchev–Trinajstić information content (AvgIpc) is 2.60. The lowest BCUT2D eigenvalue weighted by atomic mass is 10.3. The Morgan fingerprint density at radius 2 is 1.92 bits per heavy atom. The van der Waals surface area contributed by atoms with E-state index in [0.29, 0.717) is 23.9 Å². The summed E-state index contributed by atoms with van der Waals surface area (Å²) >= 11 is 7.35. The van der Waals surface area contributed by atoms with Crippen LogP contribution in [0.5, 0.6) is 11.5 Å². The van der Waals surface area contributed by atoms with Crippen LogP contribution in [0.15, 0.2) is 53.4 Å². The smallest absolute Gasteiger partial charge is 0.233 e. The third kappa shape index (κ3) is 5.98. The van der Waals surface area contributed by atoms with Crippen molar-refractivity contribution in [3.63, 3.8) is 0 Å². The zero-order chi connectivity index (χ0) is 17.4. The van der Waals surface area contributed by atoms with Gasteiger partial charge in [-0.05, 0) is 43.3 Å². The second-order valence-corrected chi connectivity index (χ2v) is 6.88. The first-order chi connectivity index (χ1) is 11.6. The lowest BCUT2D eigenvalue weighted by molar-refractivity contribution is -0.120. The Kier molecular flexibility index (Phi) is 7.28. The number of nitrogens with one attached hydrogen (secondary N) is 1.